The number of hydrogen-bond donors (Lipinski definition) is 3. The van der Waals surface area contributed by atoms with Crippen molar-refractivity contribution in [3.8, 4) is 0 Å². The molecule has 1 atom stereocenters. The minimum absolute atomic E-state index is 0. The third kappa shape index (κ3) is 6.62. The summed E-state index contributed by atoms with van der Waals surface area (Å²) in [5, 5.41) is 2.92. The minimum Gasteiger partial charge on any atom is -0.670 e. The summed E-state index contributed by atoms with van der Waals surface area (Å²) < 4.78 is 0.909. The van der Waals surface area contributed by atoms with Gasteiger partial charge in [0, 0.05) is 50.6 Å². The molecule has 2 aromatic rings. The number of ketones is 1. The summed E-state index contributed by atoms with van der Waals surface area (Å²) in [4.78, 5) is 32.4. The summed E-state index contributed by atoms with van der Waals surface area (Å²) in [6.07, 6.45) is 0.898. The fourth-order valence-corrected chi connectivity index (χ4v) is 3.10. The molecule has 0 aliphatic rings. The Kier molecular flexibility index (Phi) is 9.50. The molecule has 10 heteroatoms. The number of rotatable bonds is 8. The average molecular weight is 574 g/mol. The van der Waals surface area contributed by atoms with E-state index in [0.29, 0.717) is 24.4 Å². The van der Waals surface area contributed by atoms with Crippen molar-refractivity contribution in [3.63, 3.8) is 0 Å². The van der Waals surface area contributed by atoms with Gasteiger partial charge in [0.2, 0.25) is 5.78 Å². The molecule has 2 rings (SSSR count). The van der Waals surface area contributed by atoms with Crippen LogP contribution in [0.1, 0.15) is 22.6 Å². The summed E-state index contributed by atoms with van der Waals surface area (Å²) in [5.74, 6) is -0.779. The van der Waals surface area contributed by atoms with Gasteiger partial charge in [0.25, 0.3) is 0 Å². The maximum Gasteiger partial charge on any atom is 0.213 e. The molecule has 0 fully saturated rings. The first kappa shape index (κ1) is 22.0. The van der Waals surface area contributed by atoms with Gasteiger partial charge in [-0.2, -0.15) is 0 Å². The van der Waals surface area contributed by atoms with Crippen molar-refractivity contribution >= 4 is 39.2 Å². The van der Waals surface area contributed by atoms with Crippen LogP contribution in [-0.2, 0) is 4.79 Å². The maximum absolute atomic E-state index is 12.7. The van der Waals surface area contributed by atoms with Gasteiger partial charge in [-0.1, -0.05) is 18.7 Å². The molecule has 1 radical (unpaired) electrons. The molecular weight excluding hydrogens is 555 g/mol. The summed E-state index contributed by atoms with van der Waals surface area (Å²) in [7, 11) is 0. The molecule has 1 heterocycles. The van der Waals surface area contributed by atoms with E-state index in [9.17, 15) is 9.59 Å². The number of carbonyl (C=O) groups excluding carboxylic acids is 2. The number of Topliss-reactive ketones (excluding diaryl/α,β-unsaturated/α-hetero) is 1. The second-order valence-corrected chi connectivity index (χ2v) is 6.13. The van der Waals surface area contributed by atoms with E-state index < -0.39 is 18.5 Å². The van der Waals surface area contributed by atoms with Crippen molar-refractivity contribution in [1.29, 1.82) is 0 Å². The van der Waals surface area contributed by atoms with Crippen molar-refractivity contribution in [2.24, 2.45) is 16.5 Å². The molecule has 0 bridgehead atoms. The minimum atomic E-state index is -0.738. The zero-order valence-corrected chi connectivity index (χ0v) is 19.1. The normalized spacial score (nSPS) is 11.4. The molecule has 0 aliphatic carbocycles. The molecule has 8 nitrogen and oxygen atoms in total. The Morgan fingerprint density at radius 1 is 1.32 bits per heavy atom. The number of carbonyl (C=O) groups is 2. The SMILES string of the molecule is [Ac].[NH-]CC(=O)NC(CCCN=C(N)N)C(=O)c1nc2ccccc2s1. The van der Waals surface area contributed by atoms with Crippen LogP contribution in [0.25, 0.3) is 16.0 Å². The largest absolute Gasteiger partial charge is 0.670 e. The van der Waals surface area contributed by atoms with Crippen LogP contribution in [0.5, 0.6) is 0 Å². The van der Waals surface area contributed by atoms with E-state index in [1.165, 1.54) is 11.3 Å². The number of para-hydroxylation sites is 1. The average Bonchev–Trinajstić information content (AvgIpc) is 3.00. The summed E-state index contributed by atoms with van der Waals surface area (Å²) in [6.45, 7) is -0.0692. The molecule has 0 saturated heterocycles. The van der Waals surface area contributed by atoms with Crippen LogP contribution >= 0.6 is 11.3 Å². The maximum atomic E-state index is 12.7. The number of amides is 1. The van der Waals surface area contributed by atoms with Crippen LogP contribution in [0.2, 0.25) is 0 Å². The summed E-state index contributed by atoms with van der Waals surface area (Å²) in [6, 6.07) is 6.71. The van der Waals surface area contributed by atoms with Gasteiger partial charge < -0.3 is 22.5 Å². The smallest absolute Gasteiger partial charge is 0.213 e. The molecule has 131 valence electrons. The van der Waals surface area contributed by atoms with E-state index in [1.807, 2.05) is 24.3 Å². The standard InChI is InChI=1S/C15H19N6O2S.Ac/c16-8-12(22)20-10(5-3-7-19-15(17)18)13(23)14-21-9-4-1-2-6-11(9)24-14;/h1-2,4,6,10,16H,3,5,7-8H2,(H,20,22)(H4,17,18,19);/q-1;. The monoisotopic (exact) mass is 574 g/mol. The molecule has 1 aromatic carbocycles. The Hall–Kier alpha value is -1.08. The van der Waals surface area contributed by atoms with E-state index in [0.717, 1.165) is 10.2 Å². The molecule has 0 spiro atoms. The number of hydrogen-bond acceptors (Lipinski definition) is 5. The fraction of sp³-hybridized carbons (Fsp3) is 0.333. The van der Waals surface area contributed by atoms with Crippen LogP contribution in [-0.4, -0.2) is 41.8 Å². The molecule has 6 N–H and O–H groups in total. The van der Waals surface area contributed by atoms with Crippen molar-refractivity contribution in [1.82, 2.24) is 10.3 Å². The van der Waals surface area contributed by atoms with Gasteiger partial charge in [-0.15, -0.1) is 11.3 Å². The zero-order valence-electron chi connectivity index (χ0n) is 13.6. The van der Waals surface area contributed by atoms with Gasteiger partial charge in [-0.25, -0.2) is 4.98 Å². The Morgan fingerprint density at radius 3 is 2.68 bits per heavy atom. The molecule has 1 unspecified atom stereocenters. The molecule has 25 heavy (non-hydrogen) atoms. The fourth-order valence-electron chi connectivity index (χ4n) is 2.14. The summed E-state index contributed by atoms with van der Waals surface area (Å²) in [5.41, 5.74) is 18.4. The van der Waals surface area contributed by atoms with Crippen LogP contribution in [0.4, 0.5) is 0 Å². The van der Waals surface area contributed by atoms with E-state index in [-0.39, 0.29) is 55.8 Å². The van der Waals surface area contributed by atoms with Crippen molar-refractivity contribution in [2.45, 2.75) is 18.9 Å². The first-order chi connectivity index (χ1) is 11.5. The second-order valence-electron chi connectivity index (χ2n) is 5.10. The number of thiazole rings is 1. The van der Waals surface area contributed by atoms with Crippen molar-refractivity contribution in [3.05, 3.63) is 35.0 Å². The van der Waals surface area contributed by atoms with Crippen LogP contribution in [0.15, 0.2) is 29.3 Å². The Balaban J connectivity index is 0.00000312. The number of nitrogens with zero attached hydrogens (tertiary/aromatic N) is 2. The molecule has 1 aromatic heterocycles. The number of nitrogens with one attached hydrogen (secondary N) is 2. The third-order valence-electron chi connectivity index (χ3n) is 3.26. The Labute approximate surface area is 185 Å². The topological polar surface area (TPSA) is 147 Å². The summed E-state index contributed by atoms with van der Waals surface area (Å²) >= 11 is 1.29. The Bertz CT molecular complexity index is 726. The van der Waals surface area contributed by atoms with E-state index in [4.69, 9.17) is 17.2 Å². The van der Waals surface area contributed by atoms with Gasteiger partial charge >= 0.3 is 0 Å². The number of nitrogens with two attached hydrogens (primary N) is 2. The number of guanidine groups is 1. The predicted octanol–water partition coefficient (Wildman–Crippen LogP) is 1.07. The number of fused-ring (bicyclic) bond motifs is 1. The number of aliphatic imine (C=N–C) groups is 1. The number of aromatic nitrogens is 1. The molecule has 1 amide bonds. The molecule has 0 saturated carbocycles. The van der Waals surface area contributed by atoms with Gasteiger partial charge in [-0.05, 0) is 25.0 Å². The van der Waals surface area contributed by atoms with E-state index >= 15 is 0 Å². The van der Waals surface area contributed by atoms with Gasteiger partial charge in [-0.3, -0.25) is 14.6 Å². The Morgan fingerprint density at radius 2 is 2.04 bits per heavy atom. The van der Waals surface area contributed by atoms with Crippen LogP contribution in [0, 0.1) is 44.1 Å². The second kappa shape index (κ2) is 10.8. The van der Waals surface area contributed by atoms with Gasteiger partial charge in [0.15, 0.2) is 16.9 Å². The van der Waals surface area contributed by atoms with E-state index in [1.54, 1.807) is 0 Å². The van der Waals surface area contributed by atoms with Gasteiger partial charge in [0.1, 0.15) is 0 Å². The molecule has 0 aliphatic heterocycles. The van der Waals surface area contributed by atoms with E-state index in [2.05, 4.69) is 15.3 Å². The quantitative estimate of drug-likeness (QED) is 0.187. The van der Waals surface area contributed by atoms with Crippen molar-refractivity contribution in [2.75, 3.05) is 13.1 Å². The zero-order chi connectivity index (χ0) is 17.5. The number of benzene rings is 1. The predicted molar refractivity (Wildman–Crippen MR) is 95.0 cm³/mol. The first-order valence-corrected chi connectivity index (χ1v) is 8.22. The third-order valence-corrected chi connectivity index (χ3v) is 4.31. The van der Waals surface area contributed by atoms with Crippen molar-refractivity contribution < 1.29 is 53.7 Å². The van der Waals surface area contributed by atoms with Crippen LogP contribution in [0.3, 0.4) is 0 Å². The first-order valence-electron chi connectivity index (χ1n) is 7.40. The van der Waals surface area contributed by atoms with Crippen LogP contribution < -0.4 is 16.8 Å². The molecular formula is C15H19AcN6O2S-. The van der Waals surface area contributed by atoms with Gasteiger partial charge in [0.05, 0.1) is 16.3 Å².